The standard InChI is InChI=1S/C14H9NO8S/c16-13(17)9-3-1-2-4-11(9)24(22,23)12-7-8(15(20)21)5-6-10(12)14(18)19/h1-7H,(H,16,17)(H,18,19). The second-order valence-electron chi connectivity index (χ2n) is 4.55. The molecule has 0 atom stereocenters. The van der Waals surface area contributed by atoms with E-state index in [0.29, 0.717) is 6.07 Å². The van der Waals surface area contributed by atoms with Crippen LogP contribution in [0, 0.1) is 10.1 Å². The van der Waals surface area contributed by atoms with Crippen LogP contribution < -0.4 is 0 Å². The Bertz CT molecular complexity index is 964. The predicted octanol–water partition coefficient (Wildman–Crippen LogP) is 1.82. The van der Waals surface area contributed by atoms with Gasteiger partial charge < -0.3 is 10.2 Å². The zero-order chi connectivity index (χ0) is 18.1. The minimum absolute atomic E-state index is 0.569. The van der Waals surface area contributed by atoms with Gasteiger partial charge in [0.25, 0.3) is 5.69 Å². The van der Waals surface area contributed by atoms with Crippen molar-refractivity contribution in [3.8, 4) is 0 Å². The molecule has 0 bridgehead atoms. The molecule has 0 fully saturated rings. The summed E-state index contributed by atoms with van der Waals surface area (Å²) in [6, 6.07) is 6.82. The van der Waals surface area contributed by atoms with Gasteiger partial charge in [0.1, 0.15) is 0 Å². The molecule has 24 heavy (non-hydrogen) atoms. The number of hydrogen-bond donors (Lipinski definition) is 2. The molecule has 0 heterocycles. The van der Waals surface area contributed by atoms with E-state index in [1.165, 1.54) is 12.1 Å². The van der Waals surface area contributed by atoms with E-state index in [1.807, 2.05) is 0 Å². The Morgan fingerprint density at radius 1 is 0.917 bits per heavy atom. The van der Waals surface area contributed by atoms with Crippen LogP contribution in [0.5, 0.6) is 0 Å². The van der Waals surface area contributed by atoms with Crippen molar-refractivity contribution in [3.63, 3.8) is 0 Å². The van der Waals surface area contributed by atoms with Crippen LogP contribution in [0.1, 0.15) is 20.7 Å². The van der Waals surface area contributed by atoms with Crippen molar-refractivity contribution in [2.75, 3.05) is 0 Å². The highest BCUT2D eigenvalue weighted by Gasteiger charge is 2.30. The number of nitro groups is 1. The molecule has 0 spiro atoms. The third kappa shape index (κ3) is 2.94. The molecule has 2 rings (SSSR count). The van der Waals surface area contributed by atoms with Gasteiger partial charge in [0.05, 0.1) is 25.8 Å². The summed E-state index contributed by atoms with van der Waals surface area (Å²) in [6.45, 7) is 0. The molecule has 0 saturated heterocycles. The second kappa shape index (κ2) is 6.08. The summed E-state index contributed by atoms with van der Waals surface area (Å²) in [5.41, 5.74) is -1.90. The quantitative estimate of drug-likeness (QED) is 0.611. The fraction of sp³-hybridized carbons (Fsp3) is 0. The maximum Gasteiger partial charge on any atom is 0.337 e. The smallest absolute Gasteiger partial charge is 0.337 e. The van der Waals surface area contributed by atoms with Crippen molar-refractivity contribution >= 4 is 27.5 Å². The number of carboxylic acid groups (broad SMARTS) is 2. The first-order chi connectivity index (χ1) is 11.2. The van der Waals surface area contributed by atoms with Crippen molar-refractivity contribution < 1.29 is 33.1 Å². The highest BCUT2D eigenvalue weighted by Crippen LogP contribution is 2.29. The lowest BCUT2D eigenvalue weighted by molar-refractivity contribution is -0.385. The van der Waals surface area contributed by atoms with E-state index in [-0.39, 0.29) is 0 Å². The van der Waals surface area contributed by atoms with Crippen LogP contribution in [0.25, 0.3) is 0 Å². The minimum Gasteiger partial charge on any atom is -0.478 e. The molecule has 0 unspecified atom stereocenters. The Morgan fingerprint density at radius 3 is 2.00 bits per heavy atom. The maximum absolute atomic E-state index is 12.7. The number of nitro benzene ring substituents is 1. The largest absolute Gasteiger partial charge is 0.478 e. The van der Waals surface area contributed by atoms with Crippen molar-refractivity contribution in [3.05, 3.63) is 63.7 Å². The van der Waals surface area contributed by atoms with Crippen LogP contribution in [-0.4, -0.2) is 35.5 Å². The van der Waals surface area contributed by atoms with Crippen molar-refractivity contribution in [1.29, 1.82) is 0 Å². The van der Waals surface area contributed by atoms with Crippen LogP contribution >= 0.6 is 0 Å². The van der Waals surface area contributed by atoms with Gasteiger partial charge in [-0.25, -0.2) is 18.0 Å². The fourth-order valence-corrected chi connectivity index (χ4v) is 3.68. The first kappa shape index (κ1) is 17.1. The van der Waals surface area contributed by atoms with Gasteiger partial charge in [0, 0.05) is 12.1 Å². The lowest BCUT2D eigenvalue weighted by Crippen LogP contribution is -2.13. The summed E-state index contributed by atoms with van der Waals surface area (Å²) in [7, 11) is -4.61. The number of carboxylic acids is 2. The molecule has 2 aromatic carbocycles. The van der Waals surface area contributed by atoms with Crippen molar-refractivity contribution in [1.82, 2.24) is 0 Å². The molecule has 0 aliphatic heterocycles. The average molecular weight is 351 g/mol. The van der Waals surface area contributed by atoms with Gasteiger partial charge in [-0.15, -0.1) is 0 Å². The van der Waals surface area contributed by atoms with Crippen LogP contribution in [0.15, 0.2) is 52.3 Å². The third-order valence-corrected chi connectivity index (χ3v) is 4.95. The molecule has 0 saturated carbocycles. The number of non-ortho nitro benzene ring substituents is 1. The molecule has 2 N–H and O–H groups in total. The molecule has 9 nitrogen and oxygen atoms in total. The Hall–Kier alpha value is -3.27. The maximum atomic E-state index is 12.7. The van der Waals surface area contributed by atoms with Crippen molar-refractivity contribution in [2.45, 2.75) is 9.79 Å². The van der Waals surface area contributed by atoms with Gasteiger partial charge in [-0.3, -0.25) is 10.1 Å². The van der Waals surface area contributed by atoms with E-state index in [2.05, 4.69) is 0 Å². The molecule has 2 aromatic rings. The van der Waals surface area contributed by atoms with Crippen molar-refractivity contribution in [2.24, 2.45) is 0 Å². The lowest BCUT2D eigenvalue weighted by Gasteiger charge is -2.10. The average Bonchev–Trinajstić information content (AvgIpc) is 2.54. The summed E-state index contributed by atoms with van der Waals surface area (Å²) < 4.78 is 25.4. The number of rotatable bonds is 5. The Kier molecular flexibility index (Phi) is 4.33. The third-order valence-electron chi connectivity index (χ3n) is 3.10. The zero-order valence-electron chi connectivity index (χ0n) is 11.7. The Balaban J connectivity index is 2.83. The summed E-state index contributed by atoms with van der Waals surface area (Å²) in [6.07, 6.45) is 0. The molecule has 0 amide bonds. The fourth-order valence-electron chi connectivity index (χ4n) is 2.02. The lowest BCUT2D eigenvalue weighted by atomic mass is 10.2. The highest BCUT2D eigenvalue weighted by molar-refractivity contribution is 7.91. The normalized spacial score (nSPS) is 11.0. The Morgan fingerprint density at radius 2 is 1.46 bits per heavy atom. The van der Waals surface area contributed by atoms with E-state index in [1.54, 1.807) is 0 Å². The molecule has 0 aliphatic carbocycles. The van der Waals surface area contributed by atoms with Gasteiger partial charge in [-0.05, 0) is 18.2 Å². The number of nitrogens with zero attached hydrogens (tertiary/aromatic N) is 1. The van der Waals surface area contributed by atoms with Gasteiger partial charge in [-0.1, -0.05) is 12.1 Å². The molecule has 0 radical (unpaired) electrons. The first-order valence-corrected chi connectivity index (χ1v) is 7.73. The topological polar surface area (TPSA) is 152 Å². The highest BCUT2D eigenvalue weighted by atomic mass is 32.2. The Labute approximate surface area is 134 Å². The van der Waals surface area contributed by atoms with Gasteiger partial charge >= 0.3 is 11.9 Å². The summed E-state index contributed by atoms with van der Waals surface area (Å²) >= 11 is 0. The van der Waals surface area contributed by atoms with Crippen LogP contribution in [0.2, 0.25) is 0 Å². The minimum atomic E-state index is -4.61. The monoisotopic (exact) mass is 351 g/mol. The van der Waals surface area contributed by atoms with Crippen LogP contribution in [-0.2, 0) is 9.84 Å². The van der Waals surface area contributed by atoms with Crippen LogP contribution in [0.3, 0.4) is 0 Å². The number of benzene rings is 2. The van der Waals surface area contributed by atoms with E-state index in [4.69, 9.17) is 10.2 Å². The molecule has 0 aromatic heterocycles. The van der Waals surface area contributed by atoms with Gasteiger partial charge in [0.15, 0.2) is 0 Å². The predicted molar refractivity (Wildman–Crippen MR) is 78.9 cm³/mol. The number of carbonyl (C=O) groups is 2. The van der Waals surface area contributed by atoms with Gasteiger partial charge in [0.2, 0.25) is 9.84 Å². The van der Waals surface area contributed by atoms with E-state index >= 15 is 0 Å². The van der Waals surface area contributed by atoms with Gasteiger partial charge in [-0.2, -0.15) is 0 Å². The molecule has 0 aliphatic rings. The van der Waals surface area contributed by atoms with E-state index in [9.17, 15) is 28.1 Å². The molecular formula is C14H9NO8S. The molecule has 10 heteroatoms. The molecular weight excluding hydrogens is 342 g/mol. The number of hydrogen-bond acceptors (Lipinski definition) is 6. The first-order valence-electron chi connectivity index (χ1n) is 6.25. The van der Waals surface area contributed by atoms with E-state index in [0.717, 1.165) is 24.3 Å². The SMILES string of the molecule is O=C(O)c1ccccc1S(=O)(=O)c1cc([N+](=O)[O-])ccc1C(=O)O. The summed E-state index contributed by atoms with van der Waals surface area (Å²) in [5, 5.41) is 29.1. The number of aromatic carboxylic acids is 2. The molecule has 124 valence electrons. The van der Waals surface area contributed by atoms with E-state index < -0.39 is 53.3 Å². The summed E-state index contributed by atoms with van der Waals surface area (Å²) in [5.74, 6) is -3.15. The zero-order valence-corrected chi connectivity index (χ0v) is 12.6. The summed E-state index contributed by atoms with van der Waals surface area (Å²) in [4.78, 5) is 30.9. The second-order valence-corrected chi connectivity index (χ2v) is 6.43. The number of sulfone groups is 1. The van der Waals surface area contributed by atoms with Crippen LogP contribution in [0.4, 0.5) is 5.69 Å².